The first-order chi connectivity index (χ1) is 13.1. The standard InChI is InChI=1S/C21H24FN3O2/c1-2-27-21-12-19(6-5-17(21)13-23)25-9-7-24(8-10-25)14-16-3-4-18(15-26)20(22)11-16/h3-6,11-12,26H,2,7-10,14-15H2,1H3. The highest BCUT2D eigenvalue weighted by Gasteiger charge is 2.19. The summed E-state index contributed by atoms with van der Waals surface area (Å²) < 4.78 is 19.4. The minimum absolute atomic E-state index is 0.279. The summed E-state index contributed by atoms with van der Waals surface area (Å²) in [7, 11) is 0. The zero-order chi connectivity index (χ0) is 19.2. The number of anilines is 1. The number of nitriles is 1. The van der Waals surface area contributed by atoms with Gasteiger partial charge in [-0.2, -0.15) is 5.26 Å². The minimum Gasteiger partial charge on any atom is -0.492 e. The number of aliphatic hydroxyl groups excluding tert-OH is 1. The Balaban J connectivity index is 1.61. The number of aliphatic hydroxyl groups is 1. The van der Waals surface area contributed by atoms with Gasteiger partial charge in [0.1, 0.15) is 17.6 Å². The van der Waals surface area contributed by atoms with Crippen molar-refractivity contribution >= 4 is 5.69 Å². The molecule has 0 bridgehead atoms. The van der Waals surface area contributed by atoms with Crippen LogP contribution in [0.3, 0.4) is 0 Å². The lowest BCUT2D eigenvalue weighted by molar-refractivity contribution is 0.249. The highest BCUT2D eigenvalue weighted by atomic mass is 19.1. The fourth-order valence-corrected chi connectivity index (χ4v) is 3.31. The van der Waals surface area contributed by atoms with Gasteiger partial charge in [0.05, 0.1) is 18.8 Å². The molecular weight excluding hydrogens is 345 g/mol. The molecule has 142 valence electrons. The van der Waals surface area contributed by atoms with Crippen LogP contribution < -0.4 is 9.64 Å². The predicted molar refractivity (Wildman–Crippen MR) is 102 cm³/mol. The van der Waals surface area contributed by atoms with Crippen LogP contribution in [0.1, 0.15) is 23.6 Å². The second-order valence-electron chi connectivity index (χ2n) is 6.57. The third-order valence-electron chi connectivity index (χ3n) is 4.82. The van der Waals surface area contributed by atoms with Crippen LogP contribution >= 0.6 is 0 Å². The van der Waals surface area contributed by atoms with Crippen LogP contribution in [0, 0.1) is 17.1 Å². The van der Waals surface area contributed by atoms with Gasteiger partial charge in [0.25, 0.3) is 0 Å². The second-order valence-corrected chi connectivity index (χ2v) is 6.57. The highest BCUT2D eigenvalue weighted by Crippen LogP contribution is 2.26. The van der Waals surface area contributed by atoms with Crippen molar-refractivity contribution in [2.75, 3.05) is 37.7 Å². The summed E-state index contributed by atoms with van der Waals surface area (Å²) in [6.07, 6.45) is 0. The van der Waals surface area contributed by atoms with Gasteiger partial charge in [0.15, 0.2) is 0 Å². The molecule has 3 rings (SSSR count). The summed E-state index contributed by atoms with van der Waals surface area (Å²) >= 11 is 0. The van der Waals surface area contributed by atoms with Crippen molar-refractivity contribution < 1.29 is 14.2 Å². The molecule has 1 N–H and O–H groups in total. The number of rotatable bonds is 6. The van der Waals surface area contributed by atoms with Gasteiger partial charge in [0.2, 0.25) is 0 Å². The van der Waals surface area contributed by atoms with E-state index < -0.39 is 0 Å². The smallest absolute Gasteiger partial charge is 0.139 e. The molecule has 1 heterocycles. The fourth-order valence-electron chi connectivity index (χ4n) is 3.31. The topological polar surface area (TPSA) is 59.7 Å². The molecule has 0 aromatic heterocycles. The number of halogens is 1. The zero-order valence-corrected chi connectivity index (χ0v) is 15.5. The van der Waals surface area contributed by atoms with Gasteiger partial charge in [-0.05, 0) is 30.7 Å². The number of piperazine rings is 1. The molecule has 0 amide bonds. The van der Waals surface area contributed by atoms with Crippen LogP contribution in [-0.4, -0.2) is 42.8 Å². The third-order valence-corrected chi connectivity index (χ3v) is 4.82. The van der Waals surface area contributed by atoms with Gasteiger partial charge >= 0.3 is 0 Å². The molecule has 0 unspecified atom stereocenters. The van der Waals surface area contributed by atoms with Crippen molar-refractivity contribution in [2.24, 2.45) is 0 Å². The van der Waals surface area contributed by atoms with Crippen LogP contribution in [0.25, 0.3) is 0 Å². The van der Waals surface area contributed by atoms with Crippen molar-refractivity contribution in [1.29, 1.82) is 5.26 Å². The molecule has 6 heteroatoms. The molecule has 1 aliphatic rings. The third kappa shape index (κ3) is 4.57. The molecule has 0 aliphatic carbocycles. The maximum atomic E-state index is 13.8. The van der Waals surface area contributed by atoms with E-state index in [1.54, 1.807) is 12.1 Å². The molecular formula is C21H24FN3O2. The van der Waals surface area contributed by atoms with Gasteiger partial charge in [-0.3, -0.25) is 4.90 Å². The molecule has 0 atom stereocenters. The largest absolute Gasteiger partial charge is 0.492 e. The molecule has 1 aliphatic heterocycles. The Morgan fingerprint density at radius 2 is 1.93 bits per heavy atom. The Morgan fingerprint density at radius 1 is 1.15 bits per heavy atom. The summed E-state index contributed by atoms with van der Waals surface area (Å²) in [5.41, 5.74) is 2.84. The number of nitrogens with zero attached hydrogens (tertiary/aromatic N) is 3. The summed E-state index contributed by atoms with van der Waals surface area (Å²) in [5, 5.41) is 18.3. The molecule has 1 fully saturated rings. The monoisotopic (exact) mass is 369 g/mol. The Hall–Kier alpha value is -2.62. The Morgan fingerprint density at radius 3 is 2.56 bits per heavy atom. The maximum Gasteiger partial charge on any atom is 0.139 e. The van der Waals surface area contributed by atoms with Crippen LogP contribution in [0.4, 0.5) is 10.1 Å². The van der Waals surface area contributed by atoms with E-state index in [0.717, 1.165) is 37.4 Å². The second kappa shape index (κ2) is 8.85. The summed E-state index contributed by atoms with van der Waals surface area (Å²) in [4.78, 5) is 4.56. The molecule has 0 saturated carbocycles. The van der Waals surface area contributed by atoms with E-state index in [-0.39, 0.29) is 12.4 Å². The normalized spacial score (nSPS) is 14.8. The first-order valence-electron chi connectivity index (χ1n) is 9.17. The lowest BCUT2D eigenvalue weighted by atomic mass is 10.1. The number of benzene rings is 2. The van der Waals surface area contributed by atoms with E-state index in [0.29, 0.717) is 30.0 Å². The van der Waals surface area contributed by atoms with Crippen LogP contribution in [0.15, 0.2) is 36.4 Å². The van der Waals surface area contributed by atoms with E-state index in [4.69, 9.17) is 9.84 Å². The van der Waals surface area contributed by atoms with Crippen LogP contribution in [-0.2, 0) is 13.2 Å². The Labute approximate surface area is 159 Å². The van der Waals surface area contributed by atoms with E-state index in [9.17, 15) is 9.65 Å². The lowest BCUT2D eigenvalue weighted by Crippen LogP contribution is -2.46. The van der Waals surface area contributed by atoms with Gasteiger partial charge in [-0.15, -0.1) is 0 Å². The summed E-state index contributed by atoms with van der Waals surface area (Å²) in [6, 6.07) is 12.9. The molecule has 0 radical (unpaired) electrons. The highest BCUT2D eigenvalue weighted by molar-refractivity contribution is 5.57. The van der Waals surface area contributed by atoms with Crippen molar-refractivity contribution in [3.8, 4) is 11.8 Å². The lowest BCUT2D eigenvalue weighted by Gasteiger charge is -2.36. The van der Waals surface area contributed by atoms with Crippen LogP contribution in [0.2, 0.25) is 0 Å². The van der Waals surface area contributed by atoms with Crippen molar-refractivity contribution in [2.45, 2.75) is 20.1 Å². The number of hydrogen-bond donors (Lipinski definition) is 1. The van der Waals surface area contributed by atoms with Crippen molar-refractivity contribution in [3.63, 3.8) is 0 Å². The summed E-state index contributed by atoms with van der Waals surface area (Å²) in [5.74, 6) is 0.272. The van der Waals surface area contributed by atoms with Gasteiger partial charge < -0.3 is 14.7 Å². The van der Waals surface area contributed by atoms with Gasteiger partial charge in [0, 0.05) is 50.0 Å². The number of hydrogen-bond acceptors (Lipinski definition) is 5. The van der Waals surface area contributed by atoms with E-state index in [2.05, 4.69) is 15.9 Å². The van der Waals surface area contributed by atoms with Crippen molar-refractivity contribution in [3.05, 3.63) is 58.9 Å². The van der Waals surface area contributed by atoms with Crippen LogP contribution in [0.5, 0.6) is 5.75 Å². The van der Waals surface area contributed by atoms with E-state index in [1.807, 2.05) is 25.1 Å². The van der Waals surface area contributed by atoms with Crippen molar-refractivity contribution in [1.82, 2.24) is 4.90 Å². The van der Waals surface area contributed by atoms with Gasteiger partial charge in [-0.1, -0.05) is 12.1 Å². The minimum atomic E-state index is -0.352. The molecule has 27 heavy (non-hydrogen) atoms. The maximum absolute atomic E-state index is 13.8. The molecule has 2 aromatic rings. The summed E-state index contributed by atoms with van der Waals surface area (Å²) in [6.45, 7) is 6.29. The molecule has 5 nitrogen and oxygen atoms in total. The fraction of sp³-hybridized carbons (Fsp3) is 0.381. The van der Waals surface area contributed by atoms with Gasteiger partial charge in [-0.25, -0.2) is 4.39 Å². The zero-order valence-electron chi connectivity index (χ0n) is 15.5. The Kier molecular flexibility index (Phi) is 6.28. The molecule has 2 aromatic carbocycles. The average molecular weight is 369 g/mol. The van der Waals surface area contributed by atoms with E-state index >= 15 is 0 Å². The predicted octanol–water partition coefficient (Wildman–Crippen LogP) is 2.91. The average Bonchev–Trinajstić information content (AvgIpc) is 2.69. The Bertz CT molecular complexity index is 827. The quantitative estimate of drug-likeness (QED) is 0.848. The molecule has 0 spiro atoms. The number of ether oxygens (including phenoxy) is 1. The SMILES string of the molecule is CCOc1cc(N2CCN(Cc3ccc(CO)c(F)c3)CC2)ccc1C#N. The van der Waals surface area contributed by atoms with E-state index in [1.165, 1.54) is 6.07 Å². The molecule has 1 saturated heterocycles. The first-order valence-corrected chi connectivity index (χ1v) is 9.17. The first kappa shape index (κ1) is 19.2.